The number of nitrogens with one attached hydrogen (secondary N) is 3. The number of aliphatic hydroxyl groups is 2. The van der Waals surface area contributed by atoms with Gasteiger partial charge in [0.2, 0.25) is 5.91 Å². The number of thioether (sulfide) groups is 2. The second-order valence-corrected chi connectivity index (χ2v) is 14.1. The van der Waals surface area contributed by atoms with Gasteiger partial charge < -0.3 is 26.2 Å². The lowest BCUT2D eigenvalue weighted by atomic mass is 9.92. The Labute approximate surface area is 293 Å². The summed E-state index contributed by atoms with van der Waals surface area (Å²) in [5, 5.41) is 32.4. The molecule has 0 aliphatic carbocycles. The van der Waals surface area contributed by atoms with Crippen molar-refractivity contribution in [1.82, 2.24) is 20.9 Å². The number of carbonyl (C=O) groups is 3. The maximum atomic E-state index is 14.1. The van der Waals surface area contributed by atoms with Crippen LogP contribution in [0.15, 0.2) is 85.2 Å². The zero-order chi connectivity index (χ0) is 34.7. The molecule has 1 heterocycles. The molecule has 3 rings (SSSR count). The summed E-state index contributed by atoms with van der Waals surface area (Å²) in [6.07, 6.45) is 6.77. The summed E-state index contributed by atoms with van der Waals surface area (Å²) in [6, 6.07) is 18.8. The highest BCUT2D eigenvalue weighted by Gasteiger charge is 2.35. The third kappa shape index (κ3) is 12.9. The van der Waals surface area contributed by atoms with Gasteiger partial charge in [0, 0.05) is 29.0 Å². The first-order chi connectivity index (χ1) is 23.3. The van der Waals surface area contributed by atoms with E-state index in [1.807, 2.05) is 42.7 Å². The van der Waals surface area contributed by atoms with Gasteiger partial charge in [0.1, 0.15) is 18.2 Å². The molecule has 0 unspecified atom stereocenters. The van der Waals surface area contributed by atoms with E-state index >= 15 is 0 Å². The molecule has 9 nitrogen and oxygen atoms in total. The minimum absolute atomic E-state index is 0.220. The average Bonchev–Trinajstić information content (AvgIpc) is 3.11. The lowest BCUT2D eigenvalue weighted by molar-refractivity contribution is -0.125. The predicted molar refractivity (Wildman–Crippen MR) is 196 cm³/mol. The van der Waals surface area contributed by atoms with Crippen molar-refractivity contribution in [2.75, 3.05) is 17.8 Å². The van der Waals surface area contributed by atoms with Gasteiger partial charge in [-0.1, -0.05) is 75.2 Å². The number of benzene rings is 2. The van der Waals surface area contributed by atoms with Crippen molar-refractivity contribution in [2.45, 2.75) is 88.0 Å². The van der Waals surface area contributed by atoms with Gasteiger partial charge in [-0.2, -0.15) is 23.5 Å². The molecule has 3 amide bonds. The Morgan fingerprint density at radius 1 is 0.750 bits per heavy atom. The Balaban J connectivity index is 1.87. The molecule has 260 valence electrons. The summed E-state index contributed by atoms with van der Waals surface area (Å²) in [7, 11) is 0. The lowest BCUT2D eigenvalue weighted by Gasteiger charge is -2.34. The van der Waals surface area contributed by atoms with Crippen LogP contribution in [-0.4, -0.2) is 86.3 Å². The summed E-state index contributed by atoms with van der Waals surface area (Å²) in [5.41, 5.74) is 1.62. The number of amides is 3. The minimum Gasteiger partial charge on any atom is -0.388 e. The maximum absolute atomic E-state index is 14.1. The molecular formula is C37H50N4O5S2. The van der Waals surface area contributed by atoms with E-state index < -0.39 is 42.1 Å². The van der Waals surface area contributed by atoms with Gasteiger partial charge in [0.15, 0.2) is 0 Å². The van der Waals surface area contributed by atoms with Crippen molar-refractivity contribution >= 4 is 41.2 Å². The van der Waals surface area contributed by atoms with E-state index in [1.54, 1.807) is 66.1 Å². The van der Waals surface area contributed by atoms with Crippen LogP contribution < -0.4 is 16.0 Å². The molecule has 3 aromatic rings. The van der Waals surface area contributed by atoms with Crippen LogP contribution in [-0.2, 0) is 11.2 Å². The summed E-state index contributed by atoms with van der Waals surface area (Å²) < 4.78 is 0. The molecule has 48 heavy (non-hydrogen) atoms. The molecule has 0 spiro atoms. The first-order valence-electron chi connectivity index (χ1n) is 16.6. The molecule has 11 heteroatoms. The van der Waals surface area contributed by atoms with E-state index in [-0.39, 0.29) is 12.3 Å². The SMILES string of the molecule is CCCC(CCC)SC[C@@H](NC(=O)c1cccnc1)C(=O)N[C@@H](Cc1ccccc1)[C@@H](O)[C@H](O)[C@@H](CCSC)NC(=O)c1ccccc1. The van der Waals surface area contributed by atoms with Crippen molar-refractivity contribution in [3.05, 3.63) is 102 Å². The Bertz CT molecular complexity index is 1360. The van der Waals surface area contributed by atoms with Crippen LogP contribution in [0.3, 0.4) is 0 Å². The summed E-state index contributed by atoms with van der Waals surface area (Å²) in [5.74, 6) is -0.279. The average molecular weight is 695 g/mol. The molecule has 0 radical (unpaired) electrons. The molecule has 1 aromatic heterocycles. The van der Waals surface area contributed by atoms with Crippen molar-refractivity contribution in [3.8, 4) is 0 Å². The summed E-state index contributed by atoms with van der Waals surface area (Å²) >= 11 is 3.22. The van der Waals surface area contributed by atoms with Gasteiger partial charge in [-0.15, -0.1) is 0 Å². The molecular weight excluding hydrogens is 645 g/mol. The highest BCUT2D eigenvalue weighted by Crippen LogP contribution is 2.23. The van der Waals surface area contributed by atoms with E-state index in [0.717, 1.165) is 31.2 Å². The monoisotopic (exact) mass is 694 g/mol. The van der Waals surface area contributed by atoms with Crippen LogP contribution in [0.2, 0.25) is 0 Å². The molecule has 2 aromatic carbocycles. The maximum Gasteiger partial charge on any atom is 0.253 e. The molecule has 5 atom stereocenters. The summed E-state index contributed by atoms with van der Waals surface area (Å²) in [6.45, 7) is 4.26. The fourth-order valence-electron chi connectivity index (χ4n) is 5.41. The summed E-state index contributed by atoms with van der Waals surface area (Å²) in [4.78, 5) is 44.4. The van der Waals surface area contributed by atoms with Crippen LogP contribution in [0, 0.1) is 0 Å². The van der Waals surface area contributed by atoms with Gasteiger partial charge in [-0.05, 0) is 67.5 Å². The van der Waals surface area contributed by atoms with Gasteiger partial charge in [-0.3, -0.25) is 19.4 Å². The number of aliphatic hydroxyl groups excluding tert-OH is 2. The fraction of sp³-hybridized carbons (Fsp3) is 0.459. The van der Waals surface area contributed by atoms with E-state index in [9.17, 15) is 24.6 Å². The van der Waals surface area contributed by atoms with Crippen molar-refractivity contribution in [3.63, 3.8) is 0 Å². The van der Waals surface area contributed by atoms with Crippen LogP contribution in [0.1, 0.15) is 72.2 Å². The fourth-order valence-corrected chi connectivity index (χ4v) is 7.40. The van der Waals surface area contributed by atoms with E-state index in [2.05, 4.69) is 34.8 Å². The predicted octanol–water partition coefficient (Wildman–Crippen LogP) is 4.88. The van der Waals surface area contributed by atoms with Gasteiger partial charge in [-0.25, -0.2) is 0 Å². The van der Waals surface area contributed by atoms with Gasteiger partial charge in [0.25, 0.3) is 11.8 Å². The van der Waals surface area contributed by atoms with Crippen LogP contribution in [0.4, 0.5) is 0 Å². The van der Waals surface area contributed by atoms with Crippen molar-refractivity contribution in [2.24, 2.45) is 0 Å². The molecule has 0 aliphatic rings. The third-order valence-electron chi connectivity index (χ3n) is 8.05. The minimum atomic E-state index is -1.44. The topological polar surface area (TPSA) is 141 Å². The van der Waals surface area contributed by atoms with Crippen LogP contribution >= 0.6 is 23.5 Å². The second-order valence-electron chi connectivity index (χ2n) is 11.8. The van der Waals surface area contributed by atoms with Gasteiger partial charge >= 0.3 is 0 Å². The van der Waals surface area contributed by atoms with Crippen molar-refractivity contribution in [1.29, 1.82) is 0 Å². The van der Waals surface area contributed by atoms with Gasteiger partial charge in [0.05, 0.1) is 17.6 Å². The number of rotatable bonds is 21. The number of nitrogens with zero attached hydrogens (tertiary/aromatic N) is 1. The lowest BCUT2D eigenvalue weighted by Crippen LogP contribution is -2.59. The third-order valence-corrected chi connectivity index (χ3v) is 10.2. The second kappa shape index (κ2) is 21.6. The Hall–Kier alpha value is -3.38. The smallest absolute Gasteiger partial charge is 0.253 e. The molecule has 0 fully saturated rings. The Morgan fingerprint density at radius 3 is 1.96 bits per heavy atom. The van der Waals surface area contributed by atoms with E-state index in [0.29, 0.717) is 34.3 Å². The number of pyridine rings is 1. The zero-order valence-electron chi connectivity index (χ0n) is 28.1. The first-order valence-corrected chi connectivity index (χ1v) is 19.1. The first kappa shape index (κ1) is 39.1. The Morgan fingerprint density at radius 2 is 1.35 bits per heavy atom. The normalized spacial score (nSPS) is 14.4. The largest absolute Gasteiger partial charge is 0.388 e. The van der Waals surface area contributed by atoms with E-state index in [4.69, 9.17) is 0 Å². The molecule has 0 saturated carbocycles. The molecule has 0 bridgehead atoms. The highest BCUT2D eigenvalue weighted by atomic mass is 32.2. The number of carbonyl (C=O) groups excluding carboxylic acids is 3. The highest BCUT2D eigenvalue weighted by molar-refractivity contribution is 8.00. The van der Waals surface area contributed by atoms with Crippen LogP contribution in [0.5, 0.6) is 0 Å². The zero-order valence-corrected chi connectivity index (χ0v) is 29.7. The standard InChI is InChI=1S/C37H50N4O5S2/c1-4-13-29(14-5-2)48-25-32(41-36(45)28-19-12-21-38-24-28)37(46)40-31(23-26-15-8-6-9-16-26)34(43)33(42)30(20-22-47-3)39-35(44)27-17-10-7-11-18-27/h6-12,15-19,21,24,29-34,42-43H,4-5,13-14,20,22-23,25H2,1-3H3,(H,39,44)(H,40,46)(H,41,45)/t30-,31+,32-,33-,34-/m1/s1. The Kier molecular flexibility index (Phi) is 17.5. The number of hydrogen-bond donors (Lipinski definition) is 5. The number of hydrogen-bond acceptors (Lipinski definition) is 8. The van der Waals surface area contributed by atoms with Crippen molar-refractivity contribution < 1.29 is 24.6 Å². The molecule has 0 aliphatic heterocycles. The quantitative estimate of drug-likeness (QED) is 0.106. The van der Waals surface area contributed by atoms with E-state index in [1.165, 1.54) is 6.20 Å². The number of aromatic nitrogens is 1. The molecule has 0 saturated heterocycles. The molecule has 5 N–H and O–H groups in total. The van der Waals surface area contributed by atoms with Crippen LogP contribution in [0.25, 0.3) is 0 Å².